The van der Waals surface area contributed by atoms with Gasteiger partial charge in [-0.25, -0.2) is 13.4 Å². The van der Waals surface area contributed by atoms with Crippen molar-refractivity contribution >= 4 is 44.2 Å². The van der Waals surface area contributed by atoms with Gasteiger partial charge in [0.2, 0.25) is 0 Å². The van der Waals surface area contributed by atoms with Crippen molar-refractivity contribution < 1.29 is 8.42 Å². The topological polar surface area (TPSA) is 65.0 Å². The molecule has 0 saturated carbocycles. The first kappa shape index (κ1) is 17.5. The second kappa shape index (κ2) is 6.33. The van der Waals surface area contributed by atoms with Crippen LogP contribution in [0.5, 0.6) is 0 Å². The lowest BCUT2D eigenvalue weighted by atomic mass is 10.1. The van der Waals surface area contributed by atoms with E-state index in [1.54, 1.807) is 16.7 Å². The highest BCUT2D eigenvalue weighted by molar-refractivity contribution is 8.14. The molecule has 1 saturated heterocycles. The number of rotatable bonds is 4. The number of benzene rings is 1. The van der Waals surface area contributed by atoms with Crippen LogP contribution in [0, 0.1) is 0 Å². The number of fused-ring (bicyclic) bond motifs is 2. The van der Waals surface area contributed by atoms with Gasteiger partial charge in [-0.2, -0.15) is 0 Å². The van der Waals surface area contributed by atoms with Gasteiger partial charge in [0.25, 0.3) is 10.0 Å². The molecular weight excluding hydrogens is 380 g/mol. The number of alkyl halides is 1. The molecule has 2 aliphatic heterocycles. The molecule has 0 aromatic heterocycles. The van der Waals surface area contributed by atoms with Gasteiger partial charge in [-0.3, -0.25) is 4.72 Å². The van der Waals surface area contributed by atoms with E-state index in [9.17, 15) is 8.42 Å². The van der Waals surface area contributed by atoms with Crippen LogP contribution in [0.25, 0.3) is 0 Å². The predicted octanol–water partition coefficient (Wildman–Crippen LogP) is 2.29. The zero-order valence-electron chi connectivity index (χ0n) is 14.1. The van der Waals surface area contributed by atoms with E-state index < -0.39 is 20.9 Å². The molecule has 4 rings (SSSR count). The number of halogens is 1. The van der Waals surface area contributed by atoms with Gasteiger partial charge < -0.3 is 9.80 Å². The van der Waals surface area contributed by atoms with Crippen molar-refractivity contribution in [2.45, 2.75) is 29.8 Å². The maximum absolute atomic E-state index is 12.9. The van der Waals surface area contributed by atoms with Crippen LogP contribution >= 0.6 is 23.4 Å². The van der Waals surface area contributed by atoms with E-state index in [-0.39, 0.29) is 0 Å². The maximum Gasteiger partial charge on any atom is 0.257 e. The fourth-order valence-corrected chi connectivity index (χ4v) is 7.06. The average molecular weight is 401 g/mol. The number of sulfonamides is 1. The highest BCUT2D eigenvalue weighted by Gasteiger charge is 2.46. The minimum absolute atomic E-state index is 0.330. The number of aryl methyl sites for hydroxylation is 1. The molecule has 9 heteroatoms. The lowest BCUT2D eigenvalue weighted by Gasteiger charge is -2.25. The Morgan fingerprint density at radius 2 is 2.20 bits per heavy atom. The van der Waals surface area contributed by atoms with Crippen molar-refractivity contribution in [3.8, 4) is 0 Å². The van der Waals surface area contributed by atoms with Crippen LogP contribution in [-0.4, -0.2) is 60.7 Å². The Bertz CT molecular complexity index is 827. The van der Waals surface area contributed by atoms with Gasteiger partial charge in [0, 0.05) is 24.0 Å². The fourth-order valence-electron chi connectivity index (χ4n) is 3.80. The lowest BCUT2D eigenvalue weighted by molar-refractivity contribution is 0.299. The van der Waals surface area contributed by atoms with Crippen LogP contribution in [0.4, 0.5) is 5.69 Å². The highest BCUT2D eigenvalue weighted by atomic mass is 35.5. The molecule has 2 heterocycles. The number of nitrogens with one attached hydrogen (secondary N) is 1. The van der Waals surface area contributed by atoms with Gasteiger partial charge >= 0.3 is 0 Å². The van der Waals surface area contributed by atoms with E-state index >= 15 is 0 Å². The first-order chi connectivity index (χ1) is 11.9. The summed E-state index contributed by atoms with van der Waals surface area (Å²) < 4.78 is 28.6. The van der Waals surface area contributed by atoms with Crippen molar-refractivity contribution in [1.29, 1.82) is 0 Å². The fraction of sp³-hybridized carbons (Fsp3) is 0.562. The Morgan fingerprint density at radius 1 is 1.40 bits per heavy atom. The van der Waals surface area contributed by atoms with E-state index in [0.717, 1.165) is 23.8 Å². The highest BCUT2D eigenvalue weighted by Crippen LogP contribution is 2.37. The summed E-state index contributed by atoms with van der Waals surface area (Å²) in [6.45, 7) is 0.658. The smallest absolute Gasteiger partial charge is 0.257 e. The molecule has 1 fully saturated rings. The zero-order valence-corrected chi connectivity index (χ0v) is 16.5. The molecule has 136 valence electrons. The van der Waals surface area contributed by atoms with E-state index in [1.807, 2.05) is 18.2 Å². The third-order valence-corrected chi connectivity index (χ3v) is 8.12. The SMILES string of the molecule is CN(C)C1CCc2ccc(NS(=O)(=O)C3C(Cl)N=C4SCCN43)cc21. The van der Waals surface area contributed by atoms with Crippen LogP contribution in [0.2, 0.25) is 0 Å². The summed E-state index contributed by atoms with van der Waals surface area (Å²) in [5, 5.41) is -0.117. The standard InChI is InChI=1S/C16H21ClN4O2S2/c1-20(2)13-6-4-10-3-5-11(9-12(10)13)19-25(22,23)15-14(17)18-16-21(15)7-8-24-16/h3,5,9,13-15,19H,4,6-8H2,1-2H3. The van der Waals surface area contributed by atoms with Crippen LogP contribution in [0.3, 0.4) is 0 Å². The largest absolute Gasteiger partial charge is 0.329 e. The number of anilines is 1. The number of aliphatic imine (C=N–C) groups is 1. The van der Waals surface area contributed by atoms with Crippen LogP contribution < -0.4 is 4.72 Å². The summed E-state index contributed by atoms with van der Waals surface area (Å²) in [7, 11) is 0.436. The number of thioether (sulfide) groups is 1. The minimum Gasteiger partial charge on any atom is -0.329 e. The van der Waals surface area contributed by atoms with E-state index in [0.29, 0.717) is 18.3 Å². The van der Waals surface area contributed by atoms with Crippen LogP contribution in [0.15, 0.2) is 23.2 Å². The van der Waals surface area contributed by atoms with Gasteiger partial charge in [-0.1, -0.05) is 29.4 Å². The van der Waals surface area contributed by atoms with Crippen molar-refractivity contribution in [2.75, 3.05) is 31.1 Å². The molecule has 1 aromatic carbocycles. The summed E-state index contributed by atoms with van der Waals surface area (Å²) in [5.74, 6) is 0.845. The molecule has 1 aromatic rings. The Labute approximate surface area is 157 Å². The van der Waals surface area contributed by atoms with Crippen molar-refractivity contribution in [2.24, 2.45) is 4.99 Å². The van der Waals surface area contributed by atoms with Gasteiger partial charge in [0.05, 0.1) is 0 Å². The number of amidine groups is 1. The maximum atomic E-state index is 12.9. The van der Waals surface area contributed by atoms with Crippen LogP contribution in [-0.2, 0) is 16.4 Å². The lowest BCUT2D eigenvalue weighted by Crippen LogP contribution is -2.44. The summed E-state index contributed by atoms with van der Waals surface area (Å²) in [6.07, 6.45) is 2.09. The molecule has 0 bridgehead atoms. The molecule has 0 radical (unpaired) electrons. The normalized spacial score (nSPS) is 28.2. The number of nitrogens with zero attached hydrogens (tertiary/aromatic N) is 3. The molecule has 3 unspecified atom stereocenters. The molecule has 0 spiro atoms. The van der Waals surface area contributed by atoms with E-state index in [2.05, 4.69) is 28.7 Å². The molecule has 1 aliphatic carbocycles. The third-order valence-electron chi connectivity index (χ3n) is 4.98. The molecule has 6 nitrogen and oxygen atoms in total. The third kappa shape index (κ3) is 3.03. The molecule has 0 amide bonds. The second-order valence-electron chi connectivity index (χ2n) is 6.80. The van der Waals surface area contributed by atoms with Crippen molar-refractivity contribution in [1.82, 2.24) is 9.80 Å². The summed E-state index contributed by atoms with van der Waals surface area (Å²) in [4.78, 5) is 8.25. The monoisotopic (exact) mass is 400 g/mol. The van der Waals surface area contributed by atoms with Gasteiger partial charge in [-0.15, -0.1) is 0 Å². The summed E-state index contributed by atoms with van der Waals surface area (Å²) >= 11 is 7.78. The first-order valence-corrected chi connectivity index (χ1v) is 11.3. The van der Waals surface area contributed by atoms with E-state index in [4.69, 9.17) is 11.6 Å². The molecule has 25 heavy (non-hydrogen) atoms. The summed E-state index contributed by atoms with van der Waals surface area (Å²) in [5.41, 5.74) is 2.31. The zero-order chi connectivity index (χ0) is 17.8. The quantitative estimate of drug-likeness (QED) is 0.620. The Morgan fingerprint density at radius 3 is 2.96 bits per heavy atom. The molecule has 3 atom stereocenters. The van der Waals surface area contributed by atoms with Gasteiger partial charge in [-0.05, 0) is 50.2 Å². The van der Waals surface area contributed by atoms with Gasteiger partial charge in [0.15, 0.2) is 16.0 Å². The second-order valence-corrected chi connectivity index (χ2v) is 10.1. The minimum atomic E-state index is -3.67. The molecule has 1 N–H and O–H groups in total. The predicted molar refractivity (Wildman–Crippen MR) is 104 cm³/mol. The van der Waals surface area contributed by atoms with Crippen molar-refractivity contribution in [3.05, 3.63) is 29.3 Å². The average Bonchev–Trinajstić information content (AvgIpc) is 3.19. The molecular formula is C16H21ClN4O2S2. The van der Waals surface area contributed by atoms with Crippen molar-refractivity contribution in [3.63, 3.8) is 0 Å². The van der Waals surface area contributed by atoms with Gasteiger partial charge in [0.1, 0.15) is 0 Å². The Kier molecular flexibility index (Phi) is 4.42. The molecule has 3 aliphatic rings. The number of hydrogen-bond donors (Lipinski definition) is 1. The first-order valence-electron chi connectivity index (χ1n) is 8.29. The van der Waals surface area contributed by atoms with Crippen LogP contribution in [0.1, 0.15) is 23.6 Å². The summed E-state index contributed by atoms with van der Waals surface area (Å²) in [6, 6.07) is 6.16. The van der Waals surface area contributed by atoms with E-state index in [1.165, 1.54) is 11.1 Å². The Hall–Kier alpha value is -0.960. The Balaban J connectivity index is 1.59. The number of hydrogen-bond acceptors (Lipinski definition) is 6.